The van der Waals surface area contributed by atoms with Crippen molar-refractivity contribution in [3.63, 3.8) is 0 Å². The van der Waals surface area contributed by atoms with E-state index >= 15 is 0 Å². The largest absolute Gasteiger partial charge is 0.394 e. The maximum absolute atomic E-state index is 13.4. The first-order chi connectivity index (χ1) is 41.6. The third kappa shape index (κ3) is 40.8. The van der Waals surface area contributed by atoms with Crippen molar-refractivity contribution in [3.05, 3.63) is 24.3 Å². The molecule has 85 heavy (non-hydrogen) atoms. The minimum Gasteiger partial charge on any atom is -0.394 e. The molecule has 2 aliphatic heterocycles. The summed E-state index contributed by atoms with van der Waals surface area (Å²) in [7, 11) is 0. The zero-order chi connectivity index (χ0) is 61.6. The molecule has 1 amide bonds. The van der Waals surface area contributed by atoms with Crippen molar-refractivity contribution in [2.24, 2.45) is 0 Å². The zero-order valence-corrected chi connectivity index (χ0v) is 54.6. The number of hydrogen-bond acceptors (Lipinski definition) is 13. The molecule has 12 unspecified atom stereocenters. The standard InChI is InChI=1S/C71H135NO13/c1-3-5-7-9-11-13-15-17-19-21-23-25-27-28-29-30-31-32-33-35-37-39-41-43-45-47-49-51-53-55-63(76)72-59(58-82-70-68(81)66(79)69(62(57-74)84-70)85-71-67(80)65(78)64(77)61(56-73)83-71)60(75)54-52-50-48-46-44-42-40-38-36-34-26-24-22-20-18-16-14-12-10-8-6-4-2/h15,17,21,23,59-62,64-71,73-75,77-81H,3-14,16,18-20,22,24-58H2,1-2H3,(H,72,76)/b17-15-,23-21-. The fraction of sp³-hybridized carbons (Fsp3) is 0.930. The van der Waals surface area contributed by atoms with Crippen LogP contribution in [0.1, 0.15) is 328 Å². The second-order valence-electron chi connectivity index (χ2n) is 25.7. The number of aliphatic hydroxyl groups excluding tert-OH is 8. The summed E-state index contributed by atoms with van der Waals surface area (Å²) in [6.45, 7) is 2.91. The van der Waals surface area contributed by atoms with Crippen LogP contribution in [-0.2, 0) is 23.7 Å². The molecular weight excluding hydrogens is 1070 g/mol. The summed E-state index contributed by atoms with van der Waals surface area (Å²) >= 11 is 0. The van der Waals surface area contributed by atoms with Crippen molar-refractivity contribution < 1.29 is 64.6 Å². The Bertz CT molecular complexity index is 1520. The van der Waals surface area contributed by atoms with Crippen LogP contribution in [0.4, 0.5) is 0 Å². The Morgan fingerprint density at radius 3 is 1.18 bits per heavy atom. The smallest absolute Gasteiger partial charge is 0.220 e. The lowest BCUT2D eigenvalue weighted by Gasteiger charge is -2.46. The van der Waals surface area contributed by atoms with Crippen LogP contribution >= 0.6 is 0 Å². The van der Waals surface area contributed by atoms with Gasteiger partial charge in [0.2, 0.25) is 5.91 Å². The summed E-state index contributed by atoms with van der Waals surface area (Å²) in [6, 6.07) is -0.828. The summed E-state index contributed by atoms with van der Waals surface area (Å²) in [6.07, 6.45) is 53.3. The first-order valence-electron chi connectivity index (χ1n) is 36.1. The average molecular weight is 1210 g/mol. The van der Waals surface area contributed by atoms with Gasteiger partial charge in [-0.1, -0.05) is 301 Å². The molecule has 0 bridgehead atoms. The summed E-state index contributed by atoms with van der Waals surface area (Å²) < 4.78 is 22.9. The molecule has 0 aromatic carbocycles. The van der Waals surface area contributed by atoms with E-state index in [4.69, 9.17) is 18.9 Å². The molecule has 502 valence electrons. The maximum atomic E-state index is 13.4. The van der Waals surface area contributed by atoms with E-state index in [0.29, 0.717) is 12.8 Å². The molecule has 14 nitrogen and oxygen atoms in total. The highest BCUT2D eigenvalue weighted by molar-refractivity contribution is 5.76. The van der Waals surface area contributed by atoms with E-state index in [1.807, 2.05) is 0 Å². The molecule has 2 saturated heterocycles. The van der Waals surface area contributed by atoms with Crippen LogP contribution in [0.15, 0.2) is 24.3 Å². The van der Waals surface area contributed by atoms with Crippen molar-refractivity contribution in [2.45, 2.75) is 402 Å². The fourth-order valence-electron chi connectivity index (χ4n) is 12.2. The van der Waals surface area contributed by atoms with Crippen LogP contribution in [-0.4, -0.2) is 140 Å². The van der Waals surface area contributed by atoms with Gasteiger partial charge in [0.1, 0.15) is 48.8 Å². The maximum Gasteiger partial charge on any atom is 0.220 e. The van der Waals surface area contributed by atoms with Crippen LogP contribution in [0.5, 0.6) is 0 Å². The third-order valence-electron chi connectivity index (χ3n) is 17.9. The topological polar surface area (TPSA) is 228 Å². The quantitative estimate of drug-likeness (QED) is 0.0204. The number of amides is 1. The number of allylic oxidation sites excluding steroid dienone is 4. The Hall–Kier alpha value is -1.53. The molecule has 2 aliphatic rings. The van der Waals surface area contributed by atoms with Gasteiger partial charge in [0.15, 0.2) is 12.6 Å². The number of rotatable bonds is 60. The molecule has 0 spiro atoms. The first-order valence-corrected chi connectivity index (χ1v) is 36.1. The van der Waals surface area contributed by atoms with Gasteiger partial charge in [-0.05, 0) is 44.9 Å². The minimum atomic E-state index is -1.78. The van der Waals surface area contributed by atoms with Gasteiger partial charge in [-0.15, -0.1) is 0 Å². The lowest BCUT2D eigenvalue weighted by Crippen LogP contribution is -2.65. The van der Waals surface area contributed by atoms with Crippen LogP contribution in [0.25, 0.3) is 0 Å². The molecule has 0 aromatic rings. The Balaban J connectivity index is 1.65. The molecule has 0 aromatic heterocycles. The molecule has 2 rings (SSSR count). The molecule has 9 N–H and O–H groups in total. The Kier molecular flexibility index (Phi) is 52.8. The van der Waals surface area contributed by atoms with Crippen molar-refractivity contribution in [1.29, 1.82) is 0 Å². The van der Waals surface area contributed by atoms with Gasteiger partial charge < -0.3 is 65.1 Å². The fourth-order valence-corrected chi connectivity index (χ4v) is 12.2. The molecule has 2 heterocycles. The van der Waals surface area contributed by atoms with Gasteiger partial charge in [0.25, 0.3) is 0 Å². The molecule has 2 fully saturated rings. The van der Waals surface area contributed by atoms with Gasteiger partial charge in [0, 0.05) is 6.42 Å². The number of hydrogen-bond donors (Lipinski definition) is 9. The zero-order valence-electron chi connectivity index (χ0n) is 54.6. The van der Waals surface area contributed by atoms with Crippen LogP contribution in [0.3, 0.4) is 0 Å². The van der Waals surface area contributed by atoms with Crippen molar-refractivity contribution >= 4 is 5.91 Å². The van der Waals surface area contributed by atoms with Crippen LogP contribution in [0, 0.1) is 0 Å². The third-order valence-corrected chi connectivity index (χ3v) is 17.9. The Labute approximate surface area is 519 Å². The lowest BCUT2D eigenvalue weighted by molar-refractivity contribution is -0.359. The molecule has 14 heteroatoms. The molecule has 0 aliphatic carbocycles. The van der Waals surface area contributed by atoms with Gasteiger partial charge >= 0.3 is 0 Å². The highest BCUT2D eigenvalue weighted by Gasteiger charge is 2.51. The number of ether oxygens (including phenoxy) is 4. The van der Waals surface area contributed by atoms with Crippen molar-refractivity contribution in [1.82, 2.24) is 5.32 Å². The van der Waals surface area contributed by atoms with E-state index in [1.54, 1.807) is 0 Å². The van der Waals surface area contributed by atoms with Gasteiger partial charge in [-0.2, -0.15) is 0 Å². The second-order valence-corrected chi connectivity index (χ2v) is 25.7. The van der Waals surface area contributed by atoms with Gasteiger partial charge in [-0.3, -0.25) is 4.79 Å². The summed E-state index contributed by atoms with van der Waals surface area (Å²) in [5, 5.41) is 87.7. The highest BCUT2D eigenvalue weighted by atomic mass is 16.7. The number of unbranched alkanes of at least 4 members (excludes halogenated alkanes) is 43. The van der Waals surface area contributed by atoms with Crippen LogP contribution in [0.2, 0.25) is 0 Å². The van der Waals surface area contributed by atoms with E-state index in [2.05, 4.69) is 43.5 Å². The lowest BCUT2D eigenvalue weighted by atomic mass is 9.97. The number of carbonyl (C=O) groups is 1. The van der Waals surface area contributed by atoms with E-state index < -0.39 is 86.8 Å². The minimum absolute atomic E-state index is 0.200. The predicted octanol–water partition coefficient (Wildman–Crippen LogP) is 14.7. The van der Waals surface area contributed by atoms with Gasteiger partial charge in [-0.25, -0.2) is 0 Å². The monoisotopic (exact) mass is 1210 g/mol. The first kappa shape index (κ1) is 79.6. The molecule has 0 radical (unpaired) electrons. The van der Waals surface area contributed by atoms with Gasteiger partial charge in [0.05, 0.1) is 32.0 Å². The summed E-state index contributed by atoms with van der Waals surface area (Å²) in [5.41, 5.74) is 0. The van der Waals surface area contributed by atoms with E-state index in [-0.39, 0.29) is 12.5 Å². The SMILES string of the molecule is CCCCCCC/C=C\C/C=C\CCCCCCCCCCCCCCCCCCCC(=O)NC(COC1OC(CO)C(OC2OC(CO)C(O)C(O)C2O)C(O)C1O)C(O)CCCCCCCCCCCCCCCCCCCCCCCC. The van der Waals surface area contributed by atoms with Crippen molar-refractivity contribution in [3.8, 4) is 0 Å². The summed E-state index contributed by atoms with van der Waals surface area (Å²) in [5.74, 6) is -0.200. The molecule has 0 saturated carbocycles. The Morgan fingerprint density at radius 2 is 0.776 bits per heavy atom. The number of nitrogens with one attached hydrogen (secondary N) is 1. The van der Waals surface area contributed by atoms with E-state index in [1.165, 1.54) is 244 Å². The van der Waals surface area contributed by atoms with Crippen LogP contribution < -0.4 is 5.32 Å². The van der Waals surface area contributed by atoms with Crippen molar-refractivity contribution in [2.75, 3.05) is 19.8 Å². The number of carbonyl (C=O) groups excluding carboxylic acids is 1. The summed E-state index contributed by atoms with van der Waals surface area (Å²) in [4.78, 5) is 13.4. The average Bonchev–Trinajstić information content (AvgIpc) is 3.69. The predicted molar refractivity (Wildman–Crippen MR) is 346 cm³/mol. The second kappa shape index (κ2) is 56.5. The number of aliphatic hydroxyl groups is 8. The molecule has 12 atom stereocenters. The van der Waals surface area contributed by atoms with E-state index in [0.717, 1.165) is 57.8 Å². The normalized spacial score (nSPS) is 23.6. The van der Waals surface area contributed by atoms with E-state index in [9.17, 15) is 45.6 Å². The highest BCUT2D eigenvalue weighted by Crippen LogP contribution is 2.30. The Morgan fingerprint density at radius 1 is 0.424 bits per heavy atom. The molecular formula is C71H135NO13.